The van der Waals surface area contributed by atoms with Crippen LogP contribution in [0.15, 0.2) is 41.2 Å². The Labute approximate surface area is 172 Å². The van der Waals surface area contributed by atoms with E-state index in [9.17, 15) is 9.59 Å². The number of amides is 1. The number of benzene rings is 2. The molecule has 1 aliphatic rings. The van der Waals surface area contributed by atoms with Gasteiger partial charge in [-0.3, -0.25) is 9.59 Å². The third-order valence-electron chi connectivity index (χ3n) is 4.71. The molecule has 0 atom stereocenters. The van der Waals surface area contributed by atoms with Crippen LogP contribution in [0.5, 0.6) is 11.5 Å². The van der Waals surface area contributed by atoms with Gasteiger partial charge in [-0.1, -0.05) is 23.7 Å². The van der Waals surface area contributed by atoms with Gasteiger partial charge in [0.1, 0.15) is 19.0 Å². The number of hydrogen-bond donors (Lipinski definition) is 1. The predicted molar refractivity (Wildman–Crippen MR) is 110 cm³/mol. The molecule has 7 nitrogen and oxygen atoms in total. The first-order chi connectivity index (χ1) is 13.9. The van der Waals surface area contributed by atoms with Gasteiger partial charge >= 0.3 is 0 Å². The Morgan fingerprint density at radius 3 is 2.79 bits per heavy atom. The molecule has 1 N–H and O–H groups in total. The zero-order valence-electron chi connectivity index (χ0n) is 16.1. The molecule has 150 valence electrons. The van der Waals surface area contributed by atoms with E-state index in [0.29, 0.717) is 52.0 Å². The van der Waals surface area contributed by atoms with Crippen molar-refractivity contribution in [3.8, 4) is 11.5 Å². The summed E-state index contributed by atoms with van der Waals surface area (Å²) >= 11 is 6.29. The Hall–Kier alpha value is -3.06. The first-order valence-corrected chi connectivity index (χ1v) is 9.70. The minimum absolute atomic E-state index is 0.133. The number of halogens is 1. The number of fused-ring (bicyclic) bond motifs is 2. The van der Waals surface area contributed by atoms with Crippen LogP contribution in [0.4, 0.5) is 0 Å². The highest BCUT2D eigenvalue weighted by atomic mass is 35.5. The summed E-state index contributed by atoms with van der Waals surface area (Å²) in [5.74, 6) is 1.08. The minimum Gasteiger partial charge on any atom is -0.486 e. The number of aromatic amines is 1. The molecule has 0 unspecified atom stereocenters. The summed E-state index contributed by atoms with van der Waals surface area (Å²) in [6, 6.07) is 10.2. The van der Waals surface area contributed by atoms with E-state index in [1.54, 1.807) is 35.2 Å². The van der Waals surface area contributed by atoms with E-state index in [1.807, 2.05) is 19.9 Å². The molecule has 8 heteroatoms. The second kappa shape index (κ2) is 7.75. The van der Waals surface area contributed by atoms with Crippen LogP contribution in [0.1, 0.15) is 30.0 Å². The van der Waals surface area contributed by atoms with Gasteiger partial charge in [-0.15, -0.1) is 0 Å². The molecule has 0 spiro atoms. The number of para-hydroxylation sites is 1. The summed E-state index contributed by atoms with van der Waals surface area (Å²) in [6.07, 6.45) is 0. The number of carbonyl (C=O) groups is 1. The monoisotopic (exact) mass is 413 g/mol. The van der Waals surface area contributed by atoms with Crippen molar-refractivity contribution in [3.63, 3.8) is 0 Å². The summed E-state index contributed by atoms with van der Waals surface area (Å²) < 4.78 is 11.1. The first kappa shape index (κ1) is 19.3. The minimum atomic E-state index is -0.241. The Balaban J connectivity index is 1.67. The lowest BCUT2D eigenvalue weighted by Gasteiger charge is -2.27. The van der Waals surface area contributed by atoms with E-state index in [4.69, 9.17) is 21.1 Å². The van der Waals surface area contributed by atoms with Crippen LogP contribution in [0, 0.1) is 0 Å². The van der Waals surface area contributed by atoms with E-state index in [0.717, 1.165) is 0 Å². The molecular weight excluding hydrogens is 394 g/mol. The van der Waals surface area contributed by atoms with Crippen LogP contribution in [0.25, 0.3) is 10.9 Å². The molecule has 0 fully saturated rings. The number of nitrogens with one attached hydrogen (secondary N) is 1. The highest BCUT2D eigenvalue weighted by Crippen LogP contribution is 2.38. The molecule has 0 bridgehead atoms. The van der Waals surface area contributed by atoms with E-state index in [2.05, 4.69) is 9.97 Å². The maximum Gasteiger partial charge on any atom is 0.258 e. The zero-order valence-corrected chi connectivity index (χ0v) is 16.8. The Morgan fingerprint density at radius 1 is 1.24 bits per heavy atom. The number of aromatic nitrogens is 2. The number of ether oxygens (including phenoxy) is 2. The lowest BCUT2D eigenvalue weighted by molar-refractivity contribution is 0.0684. The van der Waals surface area contributed by atoms with Gasteiger partial charge in [0.15, 0.2) is 11.5 Å². The molecule has 1 aliphatic heterocycles. The third kappa shape index (κ3) is 3.78. The molecule has 29 heavy (non-hydrogen) atoms. The molecule has 2 aromatic carbocycles. The van der Waals surface area contributed by atoms with Crippen molar-refractivity contribution in [2.24, 2.45) is 0 Å². The SMILES string of the molecule is CC(C)N(Cc1nc2ccccc2c(=O)[nH]1)C(=O)c1cc(Cl)c2c(c1)OCCO2. The van der Waals surface area contributed by atoms with Crippen LogP contribution < -0.4 is 15.0 Å². The zero-order chi connectivity index (χ0) is 20.5. The fraction of sp³-hybridized carbons (Fsp3) is 0.286. The third-order valence-corrected chi connectivity index (χ3v) is 4.99. The molecule has 3 aromatic rings. The quantitative estimate of drug-likeness (QED) is 0.708. The van der Waals surface area contributed by atoms with Crippen LogP contribution in [0.3, 0.4) is 0 Å². The van der Waals surface area contributed by atoms with Crippen LogP contribution in [-0.4, -0.2) is 40.0 Å². The van der Waals surface area contributed by atoms with Crippen molar-refractivity contribution in [2.45, 2.75) is 26.4 Å². The Kier molecular flexibility index (Phi) is 5.15. The second-order valence-electron chi connectivity index (χ2n) is 7.04. The maximum absolute atomic E-state index is 13.2. The van der Waals surface area contributed by atoms with Gasteiger partial charge in [0, 0.05) is 11.6 Å². The first-order valence-electron chi connectivity index (χ1n) is 9.32. The van der Waals surface area contributed by atoms with Crippen molar-refractivity contribution < 1.29 is 14.3 Å². The number of H-pyrrole nitrogens is 1. The second-order valence-corrected chi connectivity index (χ2v) is 7.45. The summed E-state index contributed by atoms with van der Waals surface area (Å²) in [5.41, 5.74) is 0.741. The Bertz CT molecular complexity index is 1140. The Morgan fingerprint density at radius 2 is 2.00 bits per heavy atom. The summed E-state index contributed by atoms with van der Waals surface area (Å²) in [7, 11) is 0. The average molecular weight is 414 g/mol. The van der Waals surface area contributed by atoms with Crippen molar-refractivity contribution in [1.29, 1.82) is 0 Å². The van der Waals surface area contributed by atoms with Crippen LogP contribution in [0.2, 0.25) is 5.02 Å². The summed E-state index contributed by atoms with van der Waals surface area (Å²) in [4.78, 5) is 34.5. The van der Waals surface area contributed by atoms with E-state index in [1.165, 1.54) is 0 Å². The van der Waals surface area contributed by atoms with Crippen molar-refractivity contribution in [1.82, 2.24) is 14.9 Å². The number of nitrogens with zero attached hydrogens (tertiary/aromatic N) is 2. The molecule has 1 aromatic heterocycles. The van der Waals surface area contributed by atoms with E-state index in [-0.39, 0.29) is 24.1 Å². The van der Waals surface area contributed by atoms with E-state index < -0.39 is 0 Å². The highest BCUT2D eigenvalue weighted by molar-refractivity contribution is 6.32. The maximum atomic E-state index is 13.2. The normalized spacial score (nSPS) is 13.0. The van der Waals surface area contributed by atoms with Crippen molar-refractivity contribution in [3.05, 3.63) is 63.2 Å². The average Bonchev–Trinajstić information content (AvgIpc) is 2.71. The topological polar surface area (TPSA) is 84.5 Å². The van der Waals surface area contributed by atoms with Crippen LogP contribution in [-0.2, 0) is 6.54 Å². The van der Waals surface area contributed by atoms with Gasteiger partial charge in [0.2, 0.25) is 0 Å². The molecule has 0 radical (unpaired) electrons. The highest BCUT2D eigenvalue weighted by Gasteiger charge is 2.24. The molecule has 0 saturated heterocycles. The largest absolute Gasteiger partial charge is 0.486 e. The smallest absolute Gasteiger partial charge is 0.258 e. The van der Waals surface area contributed by atoms with Gasteiger partial charge in [0.25, 0.3) is 11.5 Å². The van der Waals surface area contributed by atoms with Gasteiger partial charge in [-0.2, -0.15) is 0 Å². The lowest BCUT2D eigenvalue weighted by atomic mass is 10.1. The molecule has 2 heterocycles. The summed E-state index contributed by atoms with van der Waals surface area (Å²) in [5, 5.41) is 0.837. The van der Waals surface area contributed by atoms with Crippen LogP contribution >= 0.6 is 11.6 Å². The van der Waals surface area contributed by atoms with Gasteiger partial charge in [-0.05, 0) is 38.1 Å². The van der Waals surface area contributed by atoms with Gasteiger partial charge < -0.3 is 19.4 Å². The molecule has 4 rings (SSSR count). The van der Waals surface area contributed by atoms with E-state index >= 15 is 0 Å². The number of rotatable bonds is 4. The van der Waals surface area contributed by atoms with Crippen molar-refractivity contribution in [2.75, 3.05) is 13.2 Å². The number of carbonyl (C=O) groups excluding carboxylic acids is 1. The molecule has 1 amide bonds. The molecular formula is C21H20ClN3O4. The fourth-order valence-corrected chi connectivity index (χ4v) is 3.53. The lowest BCUT2D eigenvalue weighted by Crippen LogP contribution is -2.37. The number of hydrogen-bond acceptors (Lipinski definition) is 5. The predicted octanol–water partition coefficient (Wildman–Crippen LogP) is 3.40. The van der Waals surface area contributed by atoms with Gasteiger partial charge in [0.05, 0.1) is 22.5 Å². The molecule has 0 aliphatic carbocycles. The molecule has 0 saturated carbocycles. The van der Waals surface area contributed by atoms with Crippen molar-refractivity contribution >= 4 is 28.4 Å². The summed E-state index contributed by atoms with van der Waals surface area (Å²) in [6.45, 7) is 4.77. The van der Waals surface area contributed by atoms with Gasteiger partial charge in [-0.25, -0.2) is 4.98 Å². The fourth-order valence-electron chi connectivity index (χ4n) is 3.26. The standard InChI is InChI=1S/C21H20ClN3O4/c1-12(2)25(11-18-23-16-6-4-3-5-14(16)20(26)24-18)21(27)13-9-15(22)19-17(10-13)28-7-8-29-19/h3-6,9-10,12H,7-8,11H2,1-2H3,(H,23,24,26).